The van der Waals surface area contributed by atoms with E-state index in [-0.39, 0.29) is 5.91 Å². The number of carbonyl (C=O) groups is 1. The summed E-state index contributed by atoms with van der Waals surface area (Å²) in [5.74, 6) is 1.61. The minimum atomic E-state index is -0.250. The number of carbonyl (C=O) groups excluding carboxylic acids is 1. The van der Waals surface area contributed by atoms with E-state index in [1.807, 2.05) is 51.1 Å². The summed E-state index contributed by atoms with van der Waals surface area (Å²) in [6, 6.07) is 16.4. The largest absolute Gasteiger partial charge is 0.457 e. The molecule has 0 aliphatic rings. The average Bonchev–Trinajstić information content (AvgIpc) is 3.03. The molecule has 4 aromatic rings. The lowest BCUT2D eigenvalue weighted by molar-refractivity contribution is 0.102. The Morgan fingerprint density at radius 1 is 0.900 bits per heavy atom. The van der Waals surface area contributed by atoms with Crippen LogP contribution in [-0.2, 0) is 0 Å². The van der Waals surface area contributed by atoms with Gasteiger partial charge >= 0.3 is 0 Å². The first-order chi connectivity index (χ1) is 14.5. The van der Waals surface area contributed by atoms with E-state index in [4.69, 9.17) is 4.74 Å². The molecular weight excluding hydrogens is 378 g/mol. The van der Waals surface area contributed by atoms with Gasteiger partial charge in [0.05, 0.1) is 23.8 Å². The number of anilines is 1. The van der Waals surface area contributed by atoms with Gasteiger partial charge in [0.25, 0.3) is 11.9 Å². The quantitative estimate of drug-likeness (QED) is 0.529. The molecule has 1 amide bonds. The van der Waals surface area contributed by atoms with Crippen molar-refractivity contribution in [1.29, 1.82) is 0 Å². The van der Waals surface area contributed by atoms with Crippen LogP contribution in [0.1, 0.15) is 27.3 Å². The first kappa shape index (κ1) is 19.3. The van der Waals surface area contributed by atoms with E-state index in [0.29, 0.717) is 22.9 Å². The van der Waals surface area contributed by atoms with Gasteiger partial charge in [-0.25, -0.2) is 14.6 Å². The summed E-state index contributed by atoms with van der Waals surface area (Å²) in [6.45, 7) is 5.93. The molecule has 0 unspecified atom stereocenters. The molecule has 0 spiro atoms. The van der Waals surface area contributed by atoms with Gasteiger partial charge in [-0.2, -0.15) is 5.10 Å². The van der Waals surface area contributed by atoms with E-state index in [2.05, 4.69) is 20.4 Å². The lowest BCUT2D eigenvalue weighted by Gasteiger charge is -2.08. The molecule has 30 heavy (non-hydrogen) atoms. The standard InChI is InChI=1S/C23H21N5O2/c1-15-16(2)27-28(17(15)3)23-24-13-19(14-25-23)26-22(29)18-9-11-21(12-10-18)30-20-7-5-4-6-8-20/h4-14H,1-3H3,(H,26,29). The summed E-state index contributed by atoms with van der Waals surface area (Å²) in [6.07, 6.45) is 3.14. The molecule has 7 nitrogen and oxygen atoms in total. The van der Waals surface area contributed by atoms with Gasteiger partial charge in [0.1, 0.15) is 11.5 Å². The fourth-order valence-electron chi connectivity index (χ4n) is 2.91. The van der Waals surface area contributed by atoms with Gasteiger partial charge in [-0.1, -0.05) is 18.2 Å². The number of rotatable bonds is 5. The molecule has 0 radical (unpaired) electrons. The van der Waals surface area contributed by atoms with Crippen molar-refractivity contribution in [2.45, 2.75) is 20.8 Å². The van der Waals surface area contributed by atoms with Crippen LogP contribution in [0.5, 0.6) is 11.5 Å². The normalized spacial score (nSPS) is 10.6. The third kappa shape index (κ3) is 4.05. The van der Waals surface area contributed by atoms with Gasteiger partial charge in [0.2, 0.25) is 0 Å². The fraction of sp³-hybridized carbons (Fsp3) is 0.130. The van der Waals surface area contributed by atoms with Gasteiger partial charge in [-0.05, 0) is 62.7 Å². The summed E-state index contributed by atoms with van der Waals surface area (Å²) in [7, 11) is 0. The topological polar surface area (TPSA) is 81.9 Å². The molecule has 0 bridgehead atoms. The maximum Gasteiger partial charge on any atom is 0.255 e. The zero-order valence-corrected chi connectivity index (χ0v) is 17.0. The highest BCUT2D eigenvalue weighted by Gasteiger charge is 2.12. The Kier molecular flexibility index (Phi) is 5.26. The van der Waals surface area contributed by atoms with Gasteiger partial charge in [0, 0.05) is 11.3 Å². The summed E-state index contributed by atoms with van der Waals surface area (Å²) >= 11 is 0. The van der Waals surface area contributed by atoms with Crippen LogP contribution in [0.2, 0.25) is 0 Å². The summed E-state index contributed by atoms with van der Waals surface area (Å²) in [5.41, 5.74) is 4.05. The van der Waals surface area contributed by atoms with Crippen LogP contribution in [-0.4, -0.2) is 25.7 Å². The third-order valence-corrected chi connectivity index (χ3v) is 4.83. The predicted molar refractivity (Wildman–Crippen MR) is 114 cm³/mol. The Hall–Kier alpha value is -4.00. The number of para-hydroxylation sites is 1. The summed E-state index contributed by atoms with van der Waals surface area (Å²) in [4.78, 5) is 21.2. The lowest BCUT2D eigenvalue weighted by Crippen LogP contribution is -2.13. The molecule has 0 saturated carbocycles. The molecular formula is C23H21N5O2. The molecule has 0 fully saturated rings. The van der Waals surface area contributed by atoms with Crippen LogP contribution < -0.4 is 10.1 Å². The van der Waals surface area contributed by atoms with E-state index in [1.54, 1.807) is 41.3 Å². The number of hydrogen-bond donors (Lipinski definition) is 1. The van der Waals surface area contributed by atoms with Crippen molar-refractivity contribution in [3.63, 3.8) is 0 Å². The molecule has 0 aliphatic heterocycles. The van der Waals surface area contributed by atoms with E-state index in [9.17, 15) is 4.79 Å². The van der Waals surface area contributed by atoms with Crippen molar-refractivity contribution in [1.82, 2.24) is 19.7 Å². The van der Waals surface area contributed by atoms with Crippen molar-refractivity contribution >= 4 is 11.6 Å². The molecule has 2 aromatic heterocycles. The fourth-order valence-corrected chi connectivity index (χ4v) is 2.91. The second-order valence-electron chi connectivity index (χ2n) is 6.87. The first-order valence-electron chi connectivity index (χ1n) is 9.51. The zero-order valence-electron chi connectivity index (χ0n) is 17.0. The highest BCUT2D eigenvalue weighted by atomic mass is 16.5. The average molecular weight is 399 g/mol. The van der Waals surface area contributed by atoms with Crippen molar-refractivity contribution in [2.24, 2.45) is 0 Å². The zero-order chi connectivity index (χ0) is 21.1. The number of aromatic nitrogens is 4. The number of nitrogens with zero attached hydrogens (tertiary/aromatic N) is 4. The smallest absolute Gasteiger partial charge is 0.255 e. The molecule has 7 heteroatoms. The van der Waals surface area contributed by atoms with Crippen LogP contribution in [0.25, 0.3) is 5.95 Å². The minimum absolute atomic E-state index is 0.250. The minimum Gasteiger partial charge on any atom is -0.457 e. The summed E-state index contributed by atoms with van der Waals surface area (Å²) in [5, 5.41) is 7.25. The Labute approximate surface area is 174 Å². The second kappa shape index (κ2) is 8.16. The van der Waals surface area contributed by atoms with Crippen LogP contribution >= 0.6 is 0 Å². The molecule has 2 aromatic carbocycles. The second-order valence-corrected chi connectivity index (χ2v) is 6.87. The van der Waals surface area contributed by atoms with Gasteiger partial charge in [-0.3, -0.25) is 4.79 Å². The van der Waals surface area contributed by atoms with Gasteiger partial charge < -0.3 is 10.1 Å². The molecule has 1 N–H and O–H groups in total. The molecule has 4 rings (SSSR count). The predicted octanol–water partition coefficient (Wildman–Crippen LogP) is 4.63. The van der Waals surface area contributed by atoms with Crippen LogP contribution in [0.4, 0.5) is 5.69 Å². The van der Waals surface area contributed by atoms with Crippen molar-refractivity contribution in [3.05, 3.63) is 89.5 Å². The molecule has 0 atom stereocenters. The molecule has 150 valence electrons. The Bertz CT molecular complexity index is 1170. The van der Waals surface area contributed by atoms with Crippen LogP contribution in [0.3, 0.4) is 0 Å². The van der Waals surface area contributed by atoms with Gasteiger partial charge in [0.15, 0.2) is 0 Å². The van der Waals surface area contributed by atoms with Gasteiger partial charge in [-0.15, -0.1) is 0 Å². The maximum atomic E-state index is 12.5. The first-order valence-corrected chi connectivity index (χ1v) is 9.51. The van der Waals surface area contributed by atoms with Crippen LogP contribution in [0, 0.1) is 20.8 Å². The molecule has 0 saturated heterocycles. The number of amides is 1. The maximum absolute atomic E-state index is 12.5. The van der Waals surface area contributed by atoms with Crippen molar-refractivity contribution in [3.8, 4) is 17.4 Å². The number of benzene rings is 2. The number of nitrogens with one attached hydrogen (secondary N) is 1. The summed E-state index contributed by atoms with van der Waals surface area (Å²) < 4.78 is 7.44. The Morgan fingerprint density at radius 2 is 1.53 bits per heavy atom. The monoisotopic (exact) mass is 399 g/mol. The van der Waals surface area contributed by atoms with Crippen molar-refractivity contribution < 1.29 is 9.53 Å². The molecule has 2 heterocycles. The SMILES string of the molecule is Cc1nn(-c2ncc(NC(=O)c3ccc(Oc4ccccc4)cc3)cn2)c(C)c1C. The Balaban J connectivity index is 1.43. The highest BCUT2D eigenvalue weighted by molar-refractivity contribution is 6.04. The Morgan fingerprint density at radius 3 is 2.13 bits per heavy atom. The van der Waals surface area contributed by atoms with E-state index < -0.39 is 0 Å². The highest BCUT2D eigenvalue weighted by Crippen LogP contribution is 2.21. The third-order valence-electron chi connectivity index (χ3n) is 4.83. The lowest BCUT2D eigenvalue weighted by atomic mass is 10.2. The van der Waals surface area contributed by atoms with E-state index in [1.165, 1.54) is 0 Å². The van der Waals surface area contributed by atoms with E-state index in [0.717, 1.165) is 22.7 Å². The number of aryl methyl sites for hydroxylation is 1. The molecule has 0 aliphatic carbocycles. The number of hydrogen-bond acceptors (Lipinski definition) is 5. The number of ether oxygens (including phenoxy) is 1. The van der Waals surface area contributed by atoms with Crippen molar-refractivity contribution in [2.75, 3.05) is 5.32 Å². The van der Waals surface area contributed by atoms with Crippen LogP contribution in [0.15, 0.2) is 67.0 Å². The van der Waals surface area contributed by atoms with E-state index >= 15 is 0 Å².